The van der Waals surface area contributed by atoms with Crippen LogP contribution in [-0.4, -0.2) is 34.2 Å². The van der Waals surface area contributed by atoms with Crippen molar-refractivity contribution in [2.75, 3.05) is 0 Å². The Kier molecular flexibility index (Phi) is 5.93. The van der Waals surface area contributed by atoms with E-state index >= 15 is 0 Å². The van der Waals surface area contributed by atoms with Crippen LogP contribution < -0.4 is 0 Å². The zero-order valence-corrected chi connectivity index (χ0v) is 13.1. The summed E-state index contributed by atoms with van der Waals surface area (Å²) in [4.78, 5) is 22.9. The molecule has 1 aromatic rings. The molecule has 5 nitrogen and oxygen atoms in total. The lowest BCUT2D eigenvalue weighted by molar-refractivity contribution is -0.153. The Bertz CT molecular complexity index is 578. The maximum absolute atomic E-state index is 11.8. The van der Waals surface area contributed by atoms with Crippen LogP contribution in [0.2, 0.25) is 0 Å². The Morgan fingerprint density at radius 3 is 2.70 bits per heavy atom. The molecule has 1 aliphatic carbocycles. The molecule has 2 N–H and O–H groups in total. The topological polar surface area (TPSA) is 83.8 Å². The fourth-order valence-electron chi connectivity index (χ4n) is 2.86. The molecule has 0 aliphatic heterocycles. The Balaban J connectivity index is 1.92. The van der Waals surface area contributed by atoms with Gasteiger partial charge in [0.05, 0.1) is 17.8 Å². The summed E-state index contributed by atoms with van der Waals surface area (Å²) in [5.41, 5.74) is 1.22. The van der Waals surface area contributed by atoms with Gasteiger partial charge in [-0.3, -0.25) is 9.59 Å². The van der Waals surface area contributed by atoms with Gasteiger partial charge in [-0.25, -0.2) is 0 Å². The van der Waals surface area contributed by atoms with E-state index in [-0.39, 0.29) is 18.0 Å². The van der Waals surface area contributed by atoms with Gasteiger partial charge in [0.25, 0.3) is 0 Å². The van der Waals surface area contributed by atoms with Crippen LogP contribution in [0.1, 0.15) is 31.7 Å². The number of benzene rings is 1. The van der Waals surface area contributed by atoms with Gasteiger partial charge in [-0.1, -0.05) is 30.3 Å². The third kappa shape index (κ3) is 4.66. The number of hydrogen-bond donors (Lipinski definition) is 2. The van der Waals surface area contributed by atoms with E-state index in [0.717, 1.165) is 12.8 Å². The van der Waals surface area contributed by atoms with Crippen LogP contribution in [0.15, 0.2) is 42.2 Å². The molecule has 1 aliphatic rings. The van der Waals surface area contributed by atoms with Crippen molar-refractivity contribution in [3.63, 3.8) is 0 Å². The quantitative estimate of drug-likeness (QED) is 0.478. The van der Waals surface area contributed by atoms with Gasteiger partial charge < -0.3 is 14.9 Å². The average Bonchev–Trinajstić information content (AvgIpc) is 2.78. The molecule has 3 unspecified atom stereocenters. The van der Waals surface area contributed by atoms with E-state index in [1.807, 2.05) is 30.3 Å². The second-order valence-corrected chi connectivity index (χ2v) is 5.80. The van der Waals surface area contributed by atoms with Crippen molar-refractivity contribution in [3.8, 4) is 0 Å². The van der Waals surface area contributed by atoms with E-state index < -0.39 is 24.1 Å². The van der Waals surface area contributed by atoms with E-state index in [9.17, 15) is 19.8 Å². The lowest BCUT2D eigenvalue weighted by Crippen LogP contribution is -2.31. The fraction of sp³-hybridized carbons (Fsp3) is 0.444. The highest BCUT2D eigenvalue weighted by molar-refractivity contribution is 5.88. The maximum Gasteiger partial charge on any atom is 0.303 e. The normalized spacial score (nSPS) is 24.7. The highest BCUT2D eigenvalue weighted by Gasteiger charge is 2.46. The molecule has 0 saturated heterocycles. The molecule has 0 bridgehead atoms. The molecule has 1 aromatic carbocycles. The van der Waals surface area contributed by atoms with Gasteiger partial charge in [0.1, 0.15) is 0 Å². The number of allylic oxidation sites excluding steroid dienone is 1. The standard InChI is InChI=1S/C18H22O5/c1-12(19)23-18-16(22)11-15(21)17(18)14(20)10-6-5-9-13-7-3-2-4-8-13/h2-4,7-8,10,15,17-18,20-21H,5-6,9,11H2,1H3/b14-10-. The van der Waals surface area contributed by atoms with Crippen LogP contribution in [0, 0.1) is 5.92 Å². The van der Waals surface area contributed by atoms with Gasteiger partial charge in [0.2, 0.25) is 0 Å². The van der Waals surface area contributed by atoms with Crippen LogP contribution >= 0.6 is 0 Å². The number of aliphatic hydroxyl groups excluding tert-OH is 2. The number of unbranched alkanes of at least 4 members (excludes halogenated alkanes) is 1. The smallest absolute Gasteiger partial charge is 0.303 e. The lowest BCUT2D eigenvalue weighted by atomic mass is 9.99. The number of Topliss-reactive ketones (excluding diaryl/α,β-unsaturated/α-hetero) is 1. The second-order valence-electron chi connectivity index (χ2n) is 5.80. The zero-order valence-electron chi connectivity index (χ0n) is 13.1. The predicted octanol–water partition coefficient (Wildman–Crippen LogP) is 2.33. The summed E-state index contributed by atoms with van der Waals surface area (Å²) in [5, 5.41) is 20.1. The summed E-state index contributed by atoms with van der Waals surface area (Å²) in [5.74, 6) is -1.90. The largest absolute Gasteiger partial charge is 0.512 e. The first kappa shape index (κ1) is 17.2. The first-order valence-electron chi connectivity index (χ1n) is 7.80. The lowest BCUT2D eigenvalue weighted by Gasteiger charge is -2.20. The average molecular weight is 318 g/mol. The molecule has 0 amide bonds. The third-order valence-corrected chi connectivity index (χ3v) is 3.97. The minimum atomic E-state index is -1.09. The third-order valence-electron chi connectivity index (χ3n) is 3.97. The van der Waals surface area contributed by atoms with E-state index in [0.29, 0.717) is 6.42 Å². The SMILES string of the molecule is CC(=O)OC1C(=O)CC(O)C1/C(O)=C/CCCc1ccccc1. The van der Waals surface area contributed by atoms with Crippen molar-refractivity contribution >= 4 is 11.8 Å². The van der Waals surface area contributed by atoms with Crippen molar-refractivity contribution < 1.29 is 24.5 Å². The minimum Gasteiger partial charge on any atom is -0.512 e. The number of hydrogen-bond acceptors (Lipinski definition) is 5. The van der Waals surface area contributed by atoms with Gasteiger partial charge in [0, 0.05) is 13.3 Å². The van der Waals surface area contributed by atoms with E-state index in [4.69, 9.17) is 4.74 Å². The maximum atomic E-state index is 11.8. The summed E-state index contributed by atoms with van der Waals surface area (Å²) < 4.78 is 4.95. The van der Waals surface area contributed by atoms with E-state index in [2.05, 4.69) is 0 Å². The summed E-state index contributed by atoms with van der Waals surface area (Å²) in [6, 6.07) is 10.0. The van der Waals surface area contributed by atoms with Crippen molar-refractivity contribution in [3.05, 3.63) is 47.7 Å². The monoisotopic (exact) mass is 318 g/mol. The van der Waals surface area contributed by atoms with Crippen LogP contribution in [0.3, 0.4) is 0 Å². The molecule has 124 valence electrons. The molecule has 1 fully saturated rings. The molecular weight excluding hydrogens is 296 g/mol. The van der Waals surface area contributed by atoms with Crippen molar-refractivity contribution in [1.29, 1.82) is 0 Å². The molecular formula is C18H22O5. The number of rotatable bonds is 6. The Hall–Kier alpha value is -2.14. The van der Waals surface area contributed by atoms with Gasteiger partial charge in [-0.15, -0.1) is 0 Å². The first-order chi connectivity index (χ1) is 11.0. The van der Waals surface area contributed by atoms with Crippen molar-refractivity contribution in [1.82, 2.24) is 0 Å². The van der Waals surface area contributed by atoms with Crippen LogP contribution in [0.5, 0.6) is 0 Å². The molecule has 1 saturated carbocycles. The van der Waals surface area contributed by atoms with Crippen LogP contribution in [0.4, 0.5) is 0 Å². The molecule has 0 spiro atoms. The molecule has 5 heteroatoms. The predicted molar refractivity (Wildman–Crippen MR) is 84.8 cm³/mol. The second kappa shape index (κ2) is 7.92. The van der Waals surface area contributed by atoms with Gasteiger partial charge in [-0.2, -0.15) is 0 Å². The Morgan fingerprint density at radius 2 is 2.04 bits per heavy atom. The van der Waals surface area contributed by atoms with Gasteiger partial charge in [-0.05, 0) is 30.9 Å². The highest BCUT2D eigenvalue weighted by atomic mass is 16.5. The number of ether oxygens (including phenoxy) is 1. The summed E-state index contributed by atoms with van der Waals surface area (Å²) in [6.45, 7) is 1.20. The van der Waals surface area contributed by atoms with Gasteiger partial charge >= 0.3 is 5.97 Å². The molecule has 2 rings (SSSR count). The zero-order chi connectivity index (χ0) is 16.8. The Labute approximate surface area is 135 Å². The molecule has 23 heavy (non-hydrogen) atoms. The number of aliphatic hydroxyl groups is 2. The summed E-state index contributed by atoms with van der Waals surface area (Å²) in [7, 11) is 0. The van der Waals surface area contributed by atoms with Crippen LogP contribution in [0.25, 0.3) is 0 Å². The van der Waals surface area contributed by atoms with Crippen LogP contribution in [-0.2, 0) is 20.7 Å². The number of aryl methyl sites for hydroxylation is 1. The minimum absolute atomic E-state index is 0.0809. The van der Waals surface area contributed by atoms with E-state index in [1.54, 1.807) is 6.08 Å². The summed E-state index contributed by atoms with van der Waals surface area (Å²) >= 11 is 0. The number of carbonyl (C=O) groups is 2. The molecule has 3 atom stereocenters. The molecule has 0 aromatic heterocycles. The molecule has 0 heterocycles. The van der Waals surface area contributed by atoms with E-state index in [1.165, 1.54) is 12.5 Å². The summed E-state index contributed by atoms with van der Waals surface area (Å²) in [6.07, 6.45) is 1.72. The van der Waals surface area contributed by atoms with Gasteiger partial charge in [0.15, 0.2) is 11.9 Å². The fourth-order valence-corrected chi connectivity index (χ4v) is 2.86. The molecule has 0 radical (unpaired) electrons. The number of carbonyl (C=O) groups excluding carboxylic acids is 2. The highest BCUT2D eigenvalue weighted by Crippen LogP contribution is 2.31. The van der Waals surface area contributed by atoms with Crippen molar-refractivity contribution in [2.24, 2.45) is 5.92 Å². The Morgan fingerprint density at radius 1 is 1.35 bits per heavy atom. The van der Waals surface area contributed by atoms with Crippen molar-refractivity contribution in [2.45, 2.75) is 44.8 Å². The first-order valence-corrected chi connectivity index (χ1v) is 7.80. The number of ketones is 1. The number of esters is 1.